The van der Waals surface area contributed by atoms with E-state index in [-0.39, 0.29) is 5.91 Å². The summed E-state index contributed by atoms with van der Waals surface area (Å²) in [6.45, 7) is 5.13. The second kappa shape index (κ2) is 6.17. The Morgan fingerprint density at radius 3 is 2.68 bits per heavy atom. The molecule has 1 atom stereocenters. The fourth-order valence-corrected chi connectivity index (χ4v) is 2.72. The molecule has 1 saturated heterocycles. The summed E-state index contributed by atoms with van der Waals surface area (Å²) in [6, 6.07) is 7.88. The van der Waals surface area contributed by atoms with E-state index < -0.39 is 0 Å². The van der Waals surface area contributed by atoms with E-state index in [2.05, 4.69) is 11.8 Å². The van der Waals surface area contributed by atoms with E-state index in [1.54, 1.807) is 6.07 Å². The number of piperidine rings is 1. The first-order chi connectivity index (χ1) is 9.06. The molecule has 1 aromatic rings. The van der Waals surface area contributed by atoms with Crippen LogP contribution in [-0.2, 0) is 6.54 Å². The first-order valence-corrected chi connectivity index (χ1v) is 6.93. The lowest BCUT2D eigenvalue weighted by Gasteiger charge is -2.33. The van der Waals surface area contributed by atoms with Gasteiger partial charge in [-0.2, -0.15) is 0 Å². The Balaban J connectivity index is 1.92. The van der Waals surface area contributed by atoms with Crippen molar-refractivity contribution in [2.24, 2.45) is 17.4 Å². The Morgan fingerprint density at radius 1 is 1.42 bits per heavy atom. The van der Waals surface area contributed by atoms with Gasteiger partial charge in [0.2, 0.25) is 5.91 Å². The highest BCUT2D eigenvalue weighted by atomic mass is 16.1. The highest BCUT2D eigenvalue weighted by Gasteiger charge is 2.21. The molecule has 0 saturated carbocycles. The fraction of sp³-hybridized carbons (Fsp3) is 0.533. The lowest BCUT2D eigenvalue weighted by atomic mass is 9.91. The van der Waals surface area contributed by atoms with E-state index in [4.69, 9.17) is 11.5 Å². The van der Waals surface area contributed by atoms with Crippen LogP contribution in [0.2, 0.25) is 0 Å². The molecule has 1 aromatic carbocycles. The van der Waals surface area contributed by atoms with Crippen LogP contribution in [0.4, 0.5) is 0 Å². The molecule has 1 aliphatic rings. The van der Waals surface area contributed by atoms with Gasteiger partial charge in [0.1, 0.15) is 0 Å². The number of nitrogens with two attached hydrogens (primary N) is 2. The number of rotatable bonds is 4. The van der Waals surface area contributed by atoms with Crippen LogP contribution in [0.15, 0.2) is 24.3 Å². The molecular formula is C15H23N3O. The number of hydrogen-bond donors (Lipinski definition) is 2. The molecule has 0 radical (unpaired) electrons. The number of carbonyl (C=O) groups excluding carboxylic acids is 1. The molecule has 2 rings (SSSR count). The molecule has 0 aromatic heterocycles. The maximum Gasteiger partial charge on any atom is 0.248 e. The summed E-state index contributed by atoms with van der Waals surface area (Å²) in [5, 5.41) is 0. The van der Waals surface area contributed by atoms with Crippen molar-refractivity contribution < 1.29 is 4.79 Å². The molecule has 104 valence electrons. The maximum absolute atomic E-state index is 11.2. The average Bonchev–Trinajstić information content (AvgIpc) is 2.39. The van der Waals surface area contributed by atoms with Crippen molar-refractivity contribution in [3.8, 4) is 0 Å². The summed E-state index contributed by atoms with van der Waals surface area (Å²) in [5.41, 5.74) is 13.0. The minimum Gasteiger partial charge on any atom is -0.366 e. The third kappa shape index (κ3) is 3.78. The summed E-state index contributed by atoms with van der Waals surface area (Å²) < 4.78 is 0. The van der Waals surface area contributed by atoms with Crippen molar-refractivity contribution in [3.05, 3.63) is 35.4 Å². The number of primary amides is 1. The SMILES string of the molecule is CC(N)C1CCN(Cc2cccc(C(N)=O)c2)CC1. The third-order valence-corrected chi connectivity index (χ3v) is 3.99. The molecule has 1 aliphatic heterocycles. The van der Waals surface area contributed by atoms with E-state index in [1.165, 1.54) is 0 Å². The van der Waals surface area contributed by atoms with Crippen LogP contribution in [0, 0.1) is 5.92 Å². The highest BCUT2D eigenvalue weighted by molar-refractivity contribution is 5.92. The number of amides is 1. The van der Waals surface area contributed by atoms with Crippen LogP contribution in [0.5, 0.6) is 0 Å². The van der Waals surface area contributed by atoms with Gasteiger partial charge in [-0.25, -0.2) is 0 Å². The molecule has 0 bridgehead atoms. The Kier molecular flexibility index (Phi) is 4.56. The number of nitrogens with zero attached hydrogens (tertiary/aromatic N) is 1. The molecular weight excluding hydrogens is 238 g/mol. The van der Waals surface area contributed by atoms with Gasteiger partial charge in [-0.3, -0.25) is 9.69 Å². The van der Waals surface area contributed by atoms with Crippen molar-refractivity contribution in [2.75, 3.05) is 13.1 Å². The van der Waals surface area contributed by atoms with Gasteiger partial charge in [-0.1, -0.05) is 12.1 Å². The van der Waals surface area contributed by atoms with Crippen LogP contribution in [0.1, 0.15) is 35.7 Å². The smallest absolute Gasteiger partial charge is 0.248 e. The van der Waals surface area contributed by atoms with Crippen LogP contribution >= 0.6 is 0 Å². The van der Waals surface area contributed by atoms with Crippen molar-refractivity contribution in [1.29, 1.82) is 0 Å². The molecule has 1 amide bonds. The predicted octanol–water partition coefficient (Wildman–Crippen LogP) is 1.34. The minimum absolute atomic E-state index is 0.292. The second-order valence-corrected chi connectivity index (χ2v) is 5.54. The van der Waals surface area contributed by atoms with Crippen molar-refractivity contribution in [1.82, 2.24) is 4.90 Å². The van der Waals surface area contributed by atoms with Crippen LogP contribution < -0.4 is 11.5 Å². The largest absolute Gasteiger partial charge is 0.366 e. The fourth-order valence-electron chi connectivity index (χ4n) is 2.72. The first kappa shape index (κ1) is 14.0. The number of likely N-dealkylation sites (tertiary alicyclic amines) is 1. The van der Waals surface area contributed by atoms with E-state index in [1.807, 2.05) is 18.2 Å². The van der Waals surface area contributed by atoms with Crippen LogP contribution in [-0.4, -0.2) is 29.9 Å². The molecule has 4 N–H and O–H groups in total. The Hall–Kier alpha value is -1.39. The zero-order valence-corrected chi connectivity index (χ0v) is 11.5. The molecule has 1 fully saturated rings. The molecule has 0 spiro atoms. The number of hydrogen-bond acceptors (Lipinski definition) is 3. The summed E-state index contributed by atoms with van der Waals surface area (Å²) in [4.78, 5) is 13.6. The standard InChI is InChI=1S/C15H23N3O/c1-11(16)13-5-7-18(8-6-13)10-12-3-2-4-14(9-12)15(17)19/h2-4,9,11,13H,5-8,10,16H2,1H3,(H2,17,19). The molecule has 4 heteroatoms. The second-order valence-electron chi connectivity index (χ2n) is 5.54. The van der Waals surface area contributed by atoms with E-state index in [0.29, 0.717) is 17.5 Å². The molecule has 0 aliphatic carbocycles. The first-order valence-electron chi connectivity index (χ1n) is 6.93. The molecule has 1 unspecified atom stereocenters. The summed E-state index contributed by atoms with van der Waals surface area (Å²) >= 11 is 0. The van der Waals surface area contributed by atoms with Gasteiger partial charge in [-0.15, -0.1) is 0 Å². The van der Waals surface area contributed by atoms with Gasteiger partial charge >= 0.3 is 0 Å². The summed E-state index contributed by atoms with van der Waals surface area (Å²) in [5.74, 6) is 0.283. The van der Waals surface area contributed by atoms with Gasteiger partial charge in [-0.05, 0) is 56.5 Å². The van der Waals surface area contributed by atoms with E-state index >= 15 is 0 Å². The monoisotopic (exact) mass is 261 g/mol. The van der Waals surface area contributed by atoms with E-state index in [0.717, 1.165) is 38.0 Å². The molecule has 19 heavy (non-hydrogen) atoms. The zero-order chi connectivity index (χ0) is 13.8. The topological polar surface area (TPSA) is 72.3 Å². The number of benzene rings is 1. The van der Waals surface area contributed by atoms with Gasteiger partial charge in [0.05, 0.1) is 0 Å². The van der Waals surface area contributed by atoms with Gasteiger partial charge in [0.15, 0.2) is 0 Å². The van der Waals surface area contributed by atoms with Gasteiger partial charge in [0.25, 0.3) is 0 Å². The predicted molar refractivity (Wildman–Crippen MR) is 76.6 cm³/mol. The lowest BCUT2D eigenvalue weighted by Crippen LogP contribution is -2.39. The van der Waals surface area contributed by atoms with Crippen molar-refractivity contribution in [3.63, 3.8) is 0 Å². The van der Waals surface area contributed by atoms with Crippen LogP contribution in [0.3, 0.4) is 0 Å². The third-order valence-electron chi connectivity index (χ3n) is 3.99. The maximum atomic E-state index is 11.2. The summed E-state index contributed by atoms with van der Waals surface area (Å²) in [7, 11) is 0. The summed E-state index contributed by atoms with van der Waals surface area (Å²) in [6.07, 6.45) is 2.32. The van der Waals surface area contributed by atoms with Crippen molar-refractivity contribution >= 4 is 5.91 Å². The number of carbonyl (C=O) groups is 1. The normalized spacial score (nSPS) is 19.3. The van der Waals surface area contributed by atoms with Crippen LogP contribution in [0.25, 0.3) is 0 Å². The Bertz CT molecular complexity index is 437. The minimum atomic E-state index is -0.363. The highest BCUT2D eigenvalue weighted by Crippen LogP contribution is 2.21. The van der Waals surface area contributed by atoms with Gasteiger partial charge in [0, 0.05) is 18.2 Å². The van der Waals surface area contributed by atoms with Gasteiger partial charge < -0.3 is 11.5 Å². The molecule has 4 nitrogen and oxygen atoms in total. The molecule has 1 heterocycles. The van der Waals surface area contributed by atoms with Crippen molar-refractivity contribution in [2.45, 2.75) is 32.4 Å². The Labute approximate surface area is 114 Å². The lowest BCUT2D eigenvalue weighted by molar-refractivity contribution is 0.1000. The average molecular weight is 261 g/mol. The zero-order valence-electron chi connectivity index (χ0n) is 11.5. The Morgan fingerprint density at radius 2 is 2.11 bits per heavy atom. The van der Waals surface area contributed by atoms with E-state index in [9.17, 15) is 4.79 Å². The quantitative estimate of drug-likeness (QED) is 0.859.